The molecule has 1 fully saturated rings. The lowest BCUT2D eigenvalue weighted by Crippen LogP contribution is -2.38. The molecule has 32 heavy (non-hydrogen) atoms. The Hall–Kier alpha value is -3.52. The Kier molecular flexibility index (Phi) is 5.68. The smallest absolute Gasteiger partial charge is 0.246 e. The first kappa shape index (κ1) is 20.4. The molecular weight excluding hydrogens is 420 g/mol. The van der Waals surface area contributed by atoms with Crippen LogP contribution in [0.4, 0.5) is 10.9 Å². The second kappa shape index (κ2) is 8.92. The molecule has 7 nitrogen and oxygen atoms in total. The van der Waals surface area contributed by atoms with Crippen LogP contribution in [0.5, 0.6) is 0 Å². The number of thiazole rings is 1. The van der Waals surface area contributed by atoms with Gasteiger partial charge in [0.1, 0.15) is 5.82 Å². The lowest BCUT2D eigenvalue weighted by atomic mass is 9.93. The van der Waals surface area contributed by atoms with Crippen LogP contribution in [0.25, 0.3) is 16.8 Å². The molecule has 4 aromatic rings. The van der Waals surface area contributed by atoms with E-state index in [1.165, 1.54) is 0 Å². The molecule has 1 saturated heterocycles. The second-order valence-corrected chi connectivity index (χ2v) is 8.81. The Morgan fingerprint density at radius 2 is 2.16 bits per heavy atom. The van der Waals surface area contributed by atoms with Gasteiger partial charge in [-0.1, -0.05) is 24.3 Å². The van der Waals surface area contributed by atoms with Crippen LogP contribution in [0.2, 0.25) is 0 Å². The number of aromatic nitrogens is 4. The molecule has 5 rings (SSSR count). The minimum atomic E-state index is 0.0258. The van der Waals surface area contributed by atoms with Crippen molar-refractivity contribution < 1.29 is 4.79 Å². The number of benzene rings is 1. The molecule has 4 heterocycles. The number of amides is 1. The Bertz CT molecular complexity index is 1260. The van der Waals surface area contributed by atoms with Crippen LogP contribution in [0, 0.1) is 0 Å². The molecule has 1 N–H and O–H groups in total. The number of nitrogens with zero attached hydrogens (tertiary/aromatic N) is 5. The second-order valence-electron chi connectivity index (χ2n) is 7.92. The third kappa shape index (κ3) is 4.27. The minimum absolute atomic E-state index is 0.0258. The van der Waals surface area contributed by atoms with Crippen molar-refractivity contribution in [2.24, 2.45) is 7.05 Å². The van der Waals surface area contributed by atoms with Gasteiger partial charge in [0.2, 0.25) is 5.91 Å². The summed E-state index contributed by atoms with van der Waals surface area (Å²) in [5, 5.41) is 12.5. The van der Waals surface area contributed by atoms with E-state index >= 15 is 0 Å². The van der Waals surface area contributed by atoms with Crippen LogP contribution < -0.4 is 5.32 Å². The van der Waals surface area contributed by atoms with Crippen molar-refractivity contribution in [2.45, 2.75) is 18.8 Å². The SMILES string of the molecule is Cn1nccc1/C=C/C(=O)N1CCC[C@@H](c2cc3ccccc3c(Nc3nccs3)n2)C1. The zero-order chi connectivity index (χ0) is 21.9. The van der Waals surface area contributed by atoms with Crippen LogP contribution in [-0.4, -0.2) is 43.6 Å². The number of rotatable bonds is 5. The molecule has 1 amide bonds. The van der Waals surface area contributed by atoms with Crippen molar-refractivity contribution in [3.63, 3.8) is 0 Å². The lowest BCUT2D eigenvalue weighted by molar-refractivity contribution is -0.127. The average Bonchev–Trinajstić information content (AvgIpc) is 3.49. The Morgan fingerprint density at radius 1 is 1.25 bits per heavy atom. The molecule has 0 spiro atoms. The first-order chi connectivity index (χ1) is 15.7. The fourth-order valence-corrected chi connectivity index (χ4v) is 4.67. The van der Waals surface area contributed by atoms with Gasteiger partial charge in [0.15, 0.2) is 5.13 Å². The topological polar surface area (TPSA) is 75.9 Å². The summed E-state index contributed by atoms with van der Waals surface area (Å²) in [5.74, 6) is 1.03. The van der Waals surface area contributed by atoms with Crippen LogP contribution in [0.1, 0.15) is 30.1 Å². The molecule has 162 valence electrons. The van der Waals surface area contributed by atoms with E-state index in [-0.39, 0.29) is 11.8 Å². The van der Waals surface area contributed by atoms with Crippen LogP contribution in [0.3, 0.4) is 0 Å². The number of piperidine rings is 1. The summed E-state index contributed by atoms with van der Waals surface area (Å²) in [5.41, 5.74) is 1.91. The summed E-state index contributed by atoms with van der Waals surface area (Å²) in [6.45, 7) is 1.43. The number of likely N-dealkylation sites (tertiary alicyclic amines) is 1. The molecule has 1 aliphatic heterocycles. The molecule has 8 heteroatoms. The van der Waals surface area contributed by atoms with E-state index in [0.29, 0.717) is 6.54 Å². The zero-order valence-corrected chi connectivity index (χ0v) is 18.6. The Balaban J connectivity index is 1.39. The van der Waals surface area contributed by atoms with Crippen LogP contribution in [-0.2, 0) is 11.8 Å². The van der Waals surface area contributed by atoms with Gasteiger partial charge >= 0.3 is 0 Å². The fraction of sp³-hybridized carbons (Fsp3) is 0.250. The molecule has 3 aromatic heterocycles. The highest BCUT2D eigenvalue weighted by atomic mass is 32.1. The van der Waals surface area contributed by atoms with Crippen LogP contribution in [0.15, 0.2) is 60.2 Å². The van der Waals surface area contributed by atoms with Crippen molar-refractivity contribution in [1.29, 1.82) is 0 Å². The van der Waals surface area contributed by atoms with Crippen molar-refractivity contribution in [1.82, 2.24) is 24.6 Å². The third-order valence-corrected chi connectivity index (χ3v) is 6.51. The third-order valence-electron chi connectivity index (χ3n) is 5.82. The van der Waals surface area contributed by atoms with Crippen LogP contribution >= 0.6 is 11.3 Å². The molecule has 0 unspecified atom stereocenters. The average molecular weight is 445 g/mol. The number of carbonyl (C=O) groups excluding carboxylic acids is 1. The van der Waals surface area contributed by atoms with E-state index in [1.807, 2.05) is 41.6 Å². The van der Waals surface area contributed by atoms with Gasteiger partial charge < -0.3 is 10.2 Å². The quantitative estimate of drug-likeness (QED) is 0.456. The number of hydrogen-bond donors (Lipinski definition) is 1. The van der Waals surface area contributed by atoms with Crippen molar-refractivity contribution in [2.75, 3.05) is 18.4 Å². The molecule has 1 aliphatic rings. The van der Waals surface area contributed by atoms with Gasteiger partial charge in [-0.25, -0.2) is 9.97 Å². The predicted octanol–water partition coefficient (Wildman–Crippen LogP) is 4.59. The Labute approximate surface area is 190 Å². The van der Waals surface area contributed by atoms with E-state index in [4.69, 9.17) is 4.98 Å². The monoisotopic (exact) mass is 444 g/mol. The predicted molar refractivity (Wildman–Crippen MR) is 128 cm³/mol. The Morgan fingerprint density at radius 3 is 2.97 bits per heavy atom. The first-order valence-electron chi connectivity index (χ1n) is 10.7. The molecule has 0 aliphatic carbocycles. The van der Waals surface area contributed by atoms with E-state index in [1.54, 1.807) is 34.5 Å². The molecule has 0 bridgehead atoms. The number of hydrogen-bond acceptors (Lipinski definition) is 6. The summed E-state index contributed by atoms with van der Waals surface area (Å²) in [7, 11) is 1.86. The normalized spacial score (nSPS) is 16.7. The van der Waals surface area contributed by atoms with Gasteiger partial charge in [0.05, 0.1) is 5.69 Å². The van der Waals surface area contributed by atoms with Crippen molar-refractivity contribution in [3.05, 3.63) is 71.6 Å². The van der Waals surface area contributed by atoms with E-state index < -0.39 is 0 Å². The van der Waals surface area contributed by atoms with Gasteiger partial charge in [0.25, 0.3) is 0 Å². The molecule has 1 aromatic carbocycles. The maximum atomic E-state index is 12.8. The summed E-state index contributed by atoms with van der Waals surface area (Å²) < 4.78 is 1.75. The standard InChI is InChI=1S/C24H24N6OS/c1-29-19(10-11-26-29)8-9-22(31)30-13-4-6-18(16-30)21-15-17-5-2-3-7-20(17)23(27-21)28-24-25-12-14-32-24/h2-3,5,7-12,14-15,18H,4,6,13,16H2,1H3,(H,25,27,28)/b9-8+/t18-/m1/s1. The first-order valence-corrected chi connectivity index (χ1v) is 11.6. The van der Waals surface area contributed by atoms with E-state index in [2.05, 4.69) is 33.6 Å². The lowest BCUT2D eigenvalue weighted by Gasteiger charge is -2.32. The minimum Gasteiger partial charge on any atom is -0.338 e. The van der Waals surface area contributed by atoms with E-state index in [0.717, 1.165) is 52.5 Å². The van der Waals surface area contributed by atoms with Gasteiger partial charge in [0, 0.05) is 61.0 Å². The van der Waals surface area contributed by atoms with E-state index in [9.17, 15) is 4.79 Å². The fourth-order valence-electron chi connectivity index (χ4n) is 4.14. The number of pyridine rings is 1. The molecule has 0 saturated carbocycles. The highest BCUT2D eigenvalue weighted by Crippen LogP contribution is 2.32. The molecular formula is C24H24N6OS. The van der Waals surface area contributed by atoms with Crippen molar-refractivity contribution in [3.8, 4) is 0 Å². The van der Waals surface area contributed by atoms with Crippen molar-refractivity contribution >= 4 is 45.0 Å². The van der Waals surface area contributed by atoms with Gasteiger partial charge in [-0.2, -0.15) is 5.10 Å². The van der Waals surface area contributed by atoms with Gasteiger partial charge in [-0.15, -0.1) is 11.3 Å². The number of aryl methyl sites for hydroxylation is 1. The van der Waals surface area contributed by atoms with Gasteiger partial charge in [-0.05, 0) is 36.4 Å². The number of carbonyl (C=O) groups is 1. The maximum Gasteiger partial charge on any atom is 0.246 e. The number of fused-ring (bicyclic) bond motifs is 1. The zero-order valence-electron chi connectivity index (χ0n) is 17.8. The summed E-state index contributed by atoms with van der Waals surface area (Å²) >= 11 is 1.55. The highest BCUT2D eigenvalue weighted by molar-refractivity contribution is 7.13. The summed E-state index contributed by atoms with van der Waals surface area (Å²) in [4.78, 5) is 24.1. The highest BCUT2D eigenvalue weighted by Gasteiger charge is 2.25. The number of nitrogens with one attached hydrogen (secondary N) is 1. The molecule has 0 radical (unpaired) electrons. The number of anilines is 2. The largest absolute Gasteiger partial charge is 0.338 e. The molecule has 1 atom stereocenters. The van der Waals surface area contributed by atoms with Gasteiger partial charge in [-0.3, -0.25) is 9.48 Å². The maximum absolute atomic E-state index is 12.8. The summed E-state index contributed by atoms with van der Waals surface area (Å²) in [6, 6.07) is 12.3. The summed E-state index contributed by atoms with van der Waals surface area (Å²) in [6.07, 6.45) is 8.94.